The molecule has 1 aromatic carbocycles. The second kappa shape index (κ2) is 7.69. The predicted molar refractivity (Wildman–Crippen MR) is 92.3 cm³/mol. The minimum absolute atomic E-state index is 0.0918. The fourth-order valence-corrected chi connectivity index (χ4v) is 3.06. The summed E-state index contributed by atoms with van der Waals surface area (Å²) >= 11 is 0. The SMILES string of the molecule is COc1ccc([C@H]2CCN(C(=O)OC(C)(C)C)CC[C@@H]2C=O)cc1. The zero-order valence-corrected chi connectivity index (χ0v) is 15.0. The summed E-state index contributed by atoms with van der Waals surface area (Å²) in [4.78, 5) is 25.6. The summed E-state index contributed by atoms with van der Waals surface area (Å²) in [6, 6.07) is 7.83. The van der Waals surface area contributed by atoms with Gasteiger partial charge < -0.3 is 19.2 Å². The van der Waals surface area contributed by atoms with Crippen molar-refractivity contribution in [2.45, 2.75) is 45.1 Å². The van der Waals surface area contributed by atoms with Crippen molar-refractivity contribution in [1.82, 2.24) is 4.90 Å². The van der Waals surface area contributed by atoms with Gasteiger partial charge in [-0.25, -0.2) is 4.79 Å². The highest BCUT2D eigenvalue weighted by Crippen LogP contribution is 2.33. The van der Waals surface area contributed by atoms with Gasteiger partial charge in [-0.05, 0) is 57.2 Å². The van der Waals surface area contributed by atoms with Gasteiger partial charge in [-0.15, -0.1) is 0 Å². The second-order valence-electron chi connectivity index (χ2n) is 7.22. The van der Waals surface area contributed by atoms with E-state index >= 15 is 0 Å². The average Bonchev–Trinajstić information content (AvgIpc) is 2.75. The molecule has 0 aromatic heterocycles. The topological polar surface area (TPSA) is 55.8 Å². The molecule has 0 aliphatic carbocycles. The molecule has 0 N–H and O–H groups in total. The van der Waals surface area contributed by atoms with E-state index in [0.717, 1.165) is 24.0 Å². The first-order valence-electron chi connectivity index (χ1n) is 8.41. The number of methoxy groups -OCH3 is 1. The van der Waals surface area contributed by atoms with Crippen molar-refractivity contribution in [3.05, 3.63) is 29.8 Å². The Morgan fingerprint density at radius 1 is 1.17 bits per heavy atom. The Morgan fingerprint density at radius 3 is 2.33 bits per heavy atom. The van der Waals surface area contributed by atoms with Crippen LogP contribution in [0.3, 0.4) is 0 Å². The van der Waals surface area contributed by atoms with Crippen LogP contribution in [0.2, 0.25) is 0 Å². The summed E-state index contributed by atoms with van der Waals surface area (Å²) in [6.07, 6.45) is 2.12. The average molecular weight is 333 g/mol. The van der Waals surface area contributed by atoms with Crippen LogP contribution in [0.25, 0.3) is 0 Å². The second-order valence-corrected chi connectivity index (χ2v) is 7.22. The lowest BCUT2D eigenvalue weighted by Crippen LogP contribution is -2.37. The molecule has 2 rings (SSSR count). The number of nitrogens with zero attached hydrogens (tertiary/aromatic N) is 1. The molecule has 0 unspecified atom stereocenters. The number of hydrogen-bond acceptors (Lipinski definition) is 4. The number of benzene rings is 1. The van der Waals surface area contributed by atoms with E-state index in [9.17, 15) is 9.59 Å². The molecule has 1 amide bonds. The Kier molecular flexibility index (Phi) is 5.86. The fraction of sp³-hybridized carbons (Fsp3) is 0.579. The van der Waals surface area contributed by atoms with Crippen LogP contribution in [0.1, 0.15) is 45.1 Å². The van der Waals surface area contributed by atoms with Gasteiger partial charge in [0.1, 0.15) is 17.6 Å². The maximum atomic E-state index is 12.3. The maximum Gasteiger partial charge on any atom is 0.410 e. The molecule has 24 heavy (non-hydrogen) atoms. The normalized spacial score (nSPS) is 21.8. The number of rotatable bonds is 3. The smallest absolute Gasteiger partial charge is 0.410 e. The van der Waals surface area contributed by atoms with Crippen molar-refractivity contribution in [1.29, 1.82) is 0 Å². The first kappa shape index (κ1) is 18.3. The molecule has 0 saturated carbocycles. The lowest BCUT2D eigenvalue weighted by molar-refractivity contribution is -0.111. The minimum Gasteiger partial charge on any atom is -0.497 e. The molecular formula is C19H27NO4. The summed E-state index contributed by atoms with van der Waals surface area (Å²) in [6.45, 7) is 6.71. The van der Waals surface area contributed by atoms with E-state index < -0.39 is 5.60 Å². The molecule has 0 spiro atoms. The minimum atomic E-state index is -0.511. The van der Waals surface area contributed by atoms with Crippen LogP contribution in [-0.2, 0) is 9.53 Å². The van der Waals surface area contributed by atoms with E-state index in [4.69, 9.17) is 9.47 Å². The highest BCUT2D eigenvalue weighted by Gasteiger charge is 2.31. The van der Waals surface area contributed by atoms with Gasteiger partial charge in [-0.2, -0.15) is 0 Å². The summed E-state index contributed by atoms with van der Waals surface area (Å²) in [5, 5.41) is 0. The molecule has 1 heterocycles. The zero-order valence-electron chi connectivity index (χ0n) is 15.0. The highest BCUT2D eigenvalue weighted by molar-refractivity contribution is 5.68. The third-order valence-electron chi connectivity index (χ3n) is 4.33. The van der Waals surface area contributed by atoms with E-state index in [1.54, 1.807) is 12.0 Å². The molecule has 1 aliphatic heterocycles. The zero-order chi connectivity index (χ0) is 17.7. The standard InChI is InChI=1S/C19H27NO4/c1-19(2,3)24-18(22)20-11-9-15(13-21)17(10-12-20)14-5-7-16(23-4)8-6-14/h5-8,13,15,17H,9-12H2,1-4H3/t15-,17-/m1/s1. The van der Waals surface area contributed by atoms with E-state index in [0.29, 0.717) is 19.5 Å². The molecule has 5 heteroatoms. The van der Waals surface area contributed by atoms with Gasteiger partial charge in [0.15, 0.2) is 0 Å². The largest absolute Gasteiger partial charge is 0.497 e. The third kappa shape index (κ3) is 4.73. The van der Waals surface area contributed by atoms with Crippen LogP contribution in [0.4, 0.5) is 4.79 Å². The summed E-state index contributed by atoms with van der Waals surface area (Å²) < 4.78 is 10.6. The van der Waals surface area contributed by atoms with Crippen LogP contribution in [0, 0.1) is 5.92 Å². The van der Waals surface area contributed by atoms with Crippen molar-refractivity contribution in [3.8, 4) is 5.75 Å². The van der Waals surface area contributed by atoms with Crippen molar-refractivity contribution >= 4 is 12.4 Å². The number of carbonyl (C=O) groups is 2. The van der Waals surface area contributed by atoms with E-state index in [-0.39, 0.29) is 17.9 Å². The Morgan fingerprint density at radius 2 is 1.79 bits per heavy atom. The van der Waals surface area contributed by atoms with Gasteiger partial charge in [0.2, 0.25) is 0 Å². The van der Waals surface area contributed by atoms with E-state index in [2.05, 4.69) is 0 Å². The third-order valence-corrected chi connectivity index (χ3v) is 4.33. The van der Waals surface area contributed by atoms with Crippen LogP contribution in [0.15, 0.2) is 24.3 Å². The molecule has 1 aliphatic rings. The van der Waals surface area contributed by atoms with Crippen molar-refractivity contribution < 1.29 is 19.1 Å². The van der Waals surface area contributed by atoms with Crippen molar-refractivity contribution in [2.75, 3.05) is 20.2 Å². The van der Waals surface area contributed by atoms with Crippen molar-refractivity contribution in [3.63, 3.8) is 0 Å². The summed E-state index contributed by atoms with van der Waals surface area (Å²) in [5.41, 5.74) is 0.599. The van der Waals surface area contributed by atoms with E-state index in [1.165, 1.54) is 0 Å². The number of amides is 1. The molecule has 1 saturated heterocycles. The number of likely N-dealkylation sites (tertiary alicyclic amines) is 1. The molecule has 5 nitrogen and oxygen atoms in total. The number of hydrogen-bond donors (Lipinski definition) is 0. The van der Waals surface area contributed by atoms with Crippen LogP contribution in [-0.4, -0.2) is 43.1 Å². The van der Waals surface area contributed by atoms with Crippen LogP contribution >= 0.6 is 0 Å². The summed E-state index contributed by atoms with van der Waals surface area (Å²) in [5.74, 6) is 0.817. The molecule has 132 valence electrons. The molecule has 0 bridgehead atoms. The van der Waals surface area contributed by atoms with Crippen molar-refractivity contribution in [2.24, 2.45) is 5.92 Å². The first-order valence-corrected chi connectivity index (χ1v) is 8.41. The fourth-order valence-electron chi connectivity index (χ4n) is 3.06. The summed E-state index contributed by atoms with van der Waals surface area (Å²) in [7, 11) is 1.63. The Balaban J connectivity index is 2.10. The van der Waals surface area contributed by atoms with Gasteiger partial charge in [0.05, 0.1) is 7.11 Å². The van der Waals surface area contributed by atoms with Gasteiger partial charge >= 0.3 is 6.09 Å². The molecule has 0 radical (unpaired) electrons. The quantitative estimate of drug-likeness (QED) is 0.793. The molecule has 2 atom stereocenters. The van der Waals surface area contributed by atoms with Gasteiger partial charge in [-0.3, -0.25) is 0 Å². The molecule has 1 fully saturated rings. The molecule has 1 aromatic rings. The first-order chi connectivity index (χ1) is 11.3. The predicted octanol–water partition coefficient (Wildman–Crippen LogP) is 3.62. The van der Waals surface area contributed by atoms with Crippen LogP contribution in [0.5, 0.6) is 5.75 Å². The number of aldehydes is 1. The highest BCUT2D eigenvalue weighted by atomic mass is 16.6. The van der Waals surface area contributed by atoms with Crippen LogP contribution < -0.4 is 4.74 Å². The van der Waals surface area contributed by atoms with Gasteiger partial charge in [0, 0.05) is 19.0 Å². The number of carbonyl (C=O) groups excluding carboxylic acids is 2. The lowest BCUT2D eigenvalue weighted by Gasteiger charge is -2.26. The molecular weight excluding hydrogens is 306 g/mol. The Bertz CT molecular complexity index is 562. The lowest BCUT2D eigenvalue weighted by atomic mass is 9.83. The maximum absolute atomic E-state index is 12.3. The van der Waals surface area contributed by atoms with Gasteiger partial charge in [0.25, 0.3) is 0 Å². The Labute approximate surface area is 143 Å². The van der Waals surface area contributed by atoms with Gasteiger partial charge in [-0.1, -0.05) is 12.1 Å². The monoisotopic (exact) mass is 333 g/mol. The Hall–Kier alpha value is -2.04. The number of ether oxygens (including phenoxy) is 2. The van der Waals surface area contributed by atoms with E-state index in [1.807, 2.05) is 45.0 Å².